The number of ether oxygens (including phenoxy) is 1. The molecule has 1 aromatic rings. The summed E-state index contributed by atoms with van der Waals surface area (Å²) >= 11 is 0. The molecule has 1 aliphatic rings. The number of nitrogens with zero attached hydrogens (tertiary/aromatic N) is 2. The van der Waals surface area contributed by atoms with Crippen LogP contribution in [0, 0.1) is 0 Å². The Bertz CT molecular complexity index is 575. The lowest BCUT2D eigenvalue weighted by Gasteiger charge is -2.37. The number of piperazine rings is 1. The smallest absolute Gasteiger partial charge is 0.339 e. The quantitative estimate of drug-likeness (QED) is 0.823. The van der Waals surface area contributed by atoms with E-state index in [4.69, 9.17) is 4.74 Å². The van der Waals surface area contributed by atoms with Gasteiger partial charge in [0, 0.05) is 26.2 Å². The molecule has 1 saturated heterocycles. The molecule has 1 aliphatic heterocycles. The zero-order valence-electron chi connectivity index (χ0n) is 12.7. The van der Waals surface area contributed by atoms with Gasteiger partial charge < -0.3 is 14.9 Å². The average Bonchev–Trinajstić information content (AvgIpc) is 2.48. The number of methoxy groups -OCH3 is 1. The summed E-state index contributed by atoms with van der Waals surface area (Å²) in [5.41, 5.74) is 0.941. The van der Waals surface area contributed by atoms with E-state index < -0.39 is 18.0 Å². The highest BCUT2D eigenvalue weighted by Gasteiger charge is 2.29. The van der Waals surface area contributed by atoms with E-state index in [0.29, 0.717) is 25.4 Å². The van der Waals surface area contributed by atoms with Crippen molar-refractivity contribution in [2.45, 2.75) is 12.6 Å². The fourth-order valence-electron chi connectivity index (χ4n) is 2.62. The first-order chi connectivity index (χ1) is 10.4. The molecule has 0 radical (unpaired) electrons. The van der Waals surface area contributed by atoms with Gasteiger partial charge in [-0.25, -0.2) is 4.79 Å². The highest BCUT2D eigenvalue weighted by Crippen LogP contribution is 2.21. The summed E-state index contributed by atoms with van der Waals surface area (Å²) in [7, 11) is 3.23. The van der Waals surface area contributed by atoms with Crippen LogP contribution in [0.15, 0.2) is 18.2 Å². The molecule has 1 fully saturated rings. The third kappa shape index (κ3) is 3.55. The highest BCUT2D eigenvalue weighted by atomic mass is 16.5. The largest absolute Gasteiger partial charge is 0.496 e. The summed E-state index contributed by atoms with van der Waals surface area (Å²) in [6.07, 6.45) is 0. The Labute approximate surface area is 128 Å². The van der Waals surface area contributed by atoms with E-state index in [1.165, 1.54) is 7.11 Å². The van der Waals surface area contributed by atoms with Crippen molar-refractivity contribution in [1.29, 1.82) is 0 Å². The van der Waals surface area contributed by atoms with Crippen LogP contribution in [-0.2, 0) is 11.3 Å². The molecule has 1 aromatic carbocycles. The molecule has 7 nitrogen and oxygen atoms in total. The lowest BCUT2D eigenvalue weighted by Crippen LogP contribution is -2.54. The molecule has 7 heteroatoms. The fourth-order valence-corrected chi connectivity index (χ4v) is 2.62. The second kappa shape index (κ2) is 6.76. The monoisotopic (exact) mass is 308 g/mol. The molecular weight excluding hydrogens is 288 g/mol. The average molecular weight is 308 g/mol. The van der Waals surface area contributed by atoms with Crippen LogP contribution in [0.4, 0.5) is 0 Å². The van der Waals surface area contributed by atoms with Crippen LogP contribution < -0.4 is 4.74 Å². The number of aromatic carboxylic acids is 1. The van der Waals surface area contributed by atoms with Gasteiger partial charge in [0.05, 0.1) is 7.11 Å². The van der Waals surface area contributed by atoms with Crippen LogP contribution in [0.25, 0.3) is 0 Å². The lowest BCUT2D eigenvalue weighted by atomic mass is 10.1. The van der Waals surface area contributed by atoms with Crippen molar-refractivity contribution in [3.63, 3.8) is 0 Å². The maximum Gasteiger partial charge on any atom is 0.339 e. The molecule has 120 valence electrons. The lowest BCUT2D eigenvalue weighted by molar-refractivity contribution is -0.145. The molecule has 0 unspecified atom stereocenters. The summed E-state index contributed by atoms with van der Waals surface area (Å²) in [4.78, 5) is 26.3. The van der Waals surface area contributed by atoms with Gasteiger partial charge in [0.1, 0.15) is 17.4 Å². The normalized spacial score (nSPS) is 19.8. The van der Waals surface area contributed by atoms with Crippen molar-refractivity contribution < 1.29 is 24.5 Å². The van der Waals surface area contributed by atoms with Gasteiger partial charge in [-0.3, -0.25) is 14.6 Å². The Kier molecular flexibility index (Phi) is 4.99. The molecule has 0 spiro atoms. The first-order valence-electron chi connectivity index (χ1n) is 6.98. The minimum Gasteiger partial charge on any atom is -0.496 e. The molecule has 0 aliphatic carbocycles. The first kappa shape index (κ1) is 16.3. The second-order valence-electron chi connectivity index (χ2n) is 5.41. The van der Waals surface area contributed by atoms with Crippen LogP contribution in [-0.4, -0.2) is 71.8 Å². The first-order valence-corrected chi connectivity index (χ1v) is 6.98. The number of hydrogen-bond acceptors (Lipinski definition) is 5. The van der Waals surface area contributed by atoms with E-state index in [-0.39, 0.29) is 5.56 Å². The van der Waals surface area contributed by atoms with Gasteiger partial charge in [0.25, 0.3) is 0 Å². The summed E-state index contributed by atoms with van der Waals surface area (Å²) in [5.74, 6) is -1.56. The summed E-state index contributed by atoms with van der Waals surface area (Å²) in [6, 6.07) is 4.48. The van der Waals surface area contributed by atoms with Crippen molar-refractivity contribution in [1.82, 2.24) is 9.80 Å². The Morgan fingerprint density at radius 2 is 2.05 bits per heavy atom. The van der Waals surface area contributed by atoms with E-state index in [0.717, 1.165) is 12.1 Å². The Morgan fingerprint density at radius 1 is 1.32 bits per heavy atom. The van der Waals surface area contributed by atoms with Gasteiger partial charge in [-0.1, -0.05) is 6.07 Å². The van der Waals surface area contributed by atoms with Crippen LogP contribution in [0.5, 0.6) is 5.75 Å². The SMILES string of the molecule is COc1ccc(CN2CCN(C)[C@H](C(=O)O)C2)cc1C(=O)O. The molecular formula is C15H20N2O5. The van der Waals surface area contributed by atoms with Crippen LogP contribution in [0.2, 0.25) is 0 Å². The van der Waals surface area contributed by atoms with Crippen LogP contribution in [0.3, 0.4) is 0 Å². The number of hydrogen-bond donors (Lipinski definition) is 2. The number of benzene rings is 1. The number of likely N-dealkylation sites (N-methyl/N-ethyl adjacent to an activating group) is 1. The predicted octanol–water partition coefficient (Wildman–Crippen LogP) is 0.594. The van der Waals surface area contributed by atoms with Gasteiger partial charge >= 0.3 is 11.9 Å². The van der Waals surface area contributed by atoms with Crippen molar-refractivity contribution in [3.8, 4) is 5.75 Å². The molecule has 0 amide bonds. The van der Waals surface area contributed by atoms with Gasteiger partial charge in [-0.2, -0.15) is 0 Å². The van der Waals surface area contributed by atoms with Crippen LogP contribution in [0.1, 0.15) is 15.9 Å². The zero-order chi connectivity index (χ0) is 16.3. The summed E-state index contributed by atoms with van der Waals surface area (Å²) in [6.45, 7) is 2.34. The molecule has 2 N–H and O–H groups in total. The van der Waals surface area contributed by atoms with E-state index in [1.54, 1.807) is 25.2 Å². The summed E-state index contributed by atoms with van der Waals surface area (Å²) in [5, 5.41) is 18.4. The predicted molar refractivity (Wildman–Crippen MR) is 79.3 cm³/mol. The van der Waals surface area contributed by atoms with Crippen molar-refractivity contribution in [3.05, 3.63) is 29.3 Å². The van der Waals surface area contributed by atoms with Crippen molar-refractivity contribution >= 4 is 11.9 Å². The zero-order valence-corrected chi connectivity index (χ0v) is 12.7. The maximum absolute atomic E-state index is 11.2. The number of rotatable bonds is 5. The molecule has 0 saturated carbocycles. The number of carboxylic acids is 2. The number of aliphatic carboxylic acids is 1. The van der Waals surface area contributed by atoms with Gasteiger partial charge in [0.15, 0.2) is 0 Å². The third-order valence-corrected chi connectivity index (χ3v) is 3.92. The van der Waals surface area contributed by atoms with Gasteiger partial charge in [0.2, 0.25) is 0 Å². The molecule has 0 aromatic heterocycles. The number of carbonyl (C=O) groups is 2. The highest BCUT2D eigenvalue weighted by molar-refractivity contribution is 5.91. The minimum atomic E-state index is -1.04. The van der Waals surface area contributed by atoms with Gasteiger partial charge in [-0.15, -0.1) is 0 Å². The molecule has 1 atom stereocenters. The number of carboxylic acid groups (broad SMARTS) is 2. The van der Waals surface area contributed by atoms with E-state index in [1.807, 2.05) is 9.80 Å². The van der Waals surface area contributed by atoms with Crippen molar-refractivity contribution in [2.75, 3.05) is 33.8 Å². The fraction of sp³-hybridized carbons (Fsp3) is 0.467. The third-order valence-electron chi connectivity index (χ3n) is 3.92. The van der Waals surface area contributed by atoms with E-state index in [9.17, 15) is 19.8 Å². The second-order valence-corrected chi connectivity index (χ2v) is 5.41. The van der Waals surface area contributed by atoms with E-state index >= 15 is 0 Å². The molecule has 2 rings (SSSR count). The molecule has 0 bridgehead atoms. The minimum absolute atomic E-state index is 0.115. The Morgan fingerprint density at radius 3 is 2.64 bits per heavy atom. The van der Waals surface area contributed by atoms with E-state index in [2.05, 4.69) is 0 Å². The summed E-state index contributed by atoms with van der Waals surface area (Å²) < 4.78 is 5.04. The van der Waals surface area contributed by atoms with Crippen molar-refractivity contribution in [2.24, 2.45) is 0 Å². The maximum atomic E-state index is 11.2. The molecule has 22 heavy (non-hydrogen) atoms. The van der Waals surface area contributed by atoms with Crippen LogP contribution >= 0.6 is 0 Å². The Hall–Kier alpha value is -2.12. The standard InChI is InChI=1S/C15H20N2O5/c1-16-5-6-17(9-12(16)15(20)21)8-10-3-4-13(22-2)11(7-10)14(18)19/h3-4,7,12H,5-6,8-9H2,1-2H3,(H,18,19)(H,20,21)/t12-/m0/s1. The Balaban J connectivity index is 2.12. The topological polar surface area (TPSA) is 90.3 Å². The molecule has 1 heterocycles. The van der Waals surface area contributed by atoms with Gasteiger partial charge in [-0.05, 0) is 24.7 Å².